The maximum absolute atomic E-state index is 13.1. The molecule has 0 atom stereocenters. The van der Waals surface area contributed by atoms with Gasteiger partial charge in [-0.1, -0.05) is 12.1 Å². The van der Waals surface area contributed by atoms with E-state index in [0.29, 0.717) is 16.3 Å². The van der Waals surface area contributed by atoms with Crippen LogP contribution in [0.4, 0.5) is 8.78 Å². The van der Waals surface area contributed by atoms with Crippen LogP contribution < -0.4 is 5.32 Å². The predicted molar refractivity (Wildman–Crippen MR) is 57.3 cm³/mol. The molecule has 0 saturated carbocycles. The lowest BCUT2D eigenvalue weighted by molar-refractivity contribution is 0.0964. The number of rotatable bonds is 1. The van der Waals surface area contributed by atoms with Gasteiger partial charge in [0.25, 0.3) is 5.91 Å². The molecule has 0 saturated heterocycles. The zero-order valence-corrected chi connectivity index (χ0v) is 8.55. The highest BCUT2D eigenvalue weighted by molar-refractivity contribution is 6.06. The Morgan fingerprint density at radius 1 is 1.19 bits per heavy atom. The van der Waals surface area contributed by atoms with Crippen molar-refractivity contribution in [1.82, 2.24) is 5.32 Å². The van der Waals surface area contributed by atoms with E-state index in [4.69, 9.17) is 0 Å². The van der Waals surface area contributed by atoms with Crippen molar-refractivity contribution in [2.24, 2.45) is 0 Å². The summed E-state index contributed by atoms with van der Waals surface area (Å²) in [6.07, 6.45) is 0. The van der Waals surface area contributed by atoms with Crippen molar-refractivity contribution in [2.75, 3.05) is 7.05 Å². The quantitative estimate of drug-likeness (QED) is 0.787. The molecule has 0 fully saturated rings. The monoisotopic (exact) mass is 221 g/mol. The van der Waals surface area contributed by atoms with Gasteiger partial charge in [0.15, 0.2) is 11.6 Å². The van der Waals surface area contributed by atoms with E-state index in [1.165, 1.54) is 7.05 Å². The summed E-state index contributed by atoms with van der Waals surface area (Å²) >= 11 is 0. The number of benzene rings is 2. The van der Waals surface area contributed by atoms with Crippen LogP contribution >= 0.6 is 0 Å². The van der Waals surface area contributed by atoms with Crippen molar-refractivity contribution in [3.63, 3.8) is 0 Å². The van der Waals surface area contributed by atoms with Crippen LogP contribution in [0.2, 0.25) is 0 Å². The van der Waals surface area contributed by atoms with Crippen molar-refractivity contribution in [1.29, 1.82) is 0 Å². The third-order valence-corrected chi connectivity index (χ3v) is 2.39. The number of carbonyl (C=O) groups excluding carboxylic acids is 1. The van der Waals surface area contributed by atoms with Gasteiger partial charge in [-0.2, -0.15) is 0 Å². The van der Waals surface area contributed by atoms with Crippen LogP contribution in [0.5, 0.6) is 0 Å². The van der Waals surface area contributed by atoms with Crippen LogP contribution in [-0.2, 0) is 0 Å². The van der Waals surface area contributed by atoms with Gasteiger partial charge in [0.2, 0.25) is 0 Å². The average molecular weight is 221 g/mol. The van der Waals surface area contributed by atoms with E-state index in [2.05, 4.69) is 5.32 Å². The van der Waals surface area contributed by atoms with Gasteiger partial charge in [-0.05, 0) is 29.0 Å². The van der Waals surface area contributed by atoms with Crippen LogP contribution in [0.3, 0.4) is 0 Å². The summed E-state index contributed by atoms with van der Waals surface area (Å²) in [5, 5.41) is 3.36. The minimum Gasteiger partial charge on any atom is -0.355 e. The molecular formula is C12H9F2NO. The first-order chi connectivity index (χ1) is 7.63. The first-order valence-corrected chi connectivity index (χ1v) is 4.73. The molecule has 0 aliphatic heterocycles. The summed E-state index contributed by atoms with van der Waals surface area (Å²) in [6.45, 7) is 0. The number of hydrogen-bond donors (Lipinski definition) is 1. The van der Waals surface area contributed by atoms with Crippen molar-refractivity contribution >= 4 is 16.7 Å². The minimum atomic E-state index is -0.955. The molecule has 2 aromatic carbocycles. The summed E-state index contributed by atoms with van der Waals surface area (Å²) in [4.78, 5) is 11.5. The smallest absolute Gasteiger partial charge is 0.251 e. The maximum atomic E-state index is 13.1. The summed E-state index contributed by atoms with van der Waals surface area (Å²) in [6, 6.07) is 6.94. The van der Waals surface area contributed by atoms with Crippen LogP contribution in [0.15, 0.2) is 30.3 Å². The van der Waals surface area contributed by atoms with Crippen molar-refractivity contribution < 1.29 is 13.6 Å². The van der Waals surface area contributed by atoms with E-state index in [0.717, 1.165) is 12.1 Å². The Bertz CT molecular complexity index is 566. The third kappa shape index (κ3) is 1.62. The molecule has 0 radical (unpaired) electrons. The van der Waals surface area contributed by atoms with Crippen LogP contribution in [0, 0.1) is 11.6 Å². The number of nitrogens with one attached hydrogen (secondary N) is 1. The number of fused-ring (bicyclic) bond motifs is 1. The second kappa shape index (κ2) is 3.89. The minimum absolute atomic E-state index is 0.323. The van der Waals surface area contributed by atoms with Crippen molar-refractivity contribution in [3.8, 4) is 0 Å². The molecule has 0 aromatic heterocycles. The van der Waals surface area contributed by atoms with E-state index in [-0.39, 0.29) is 5.91 Å². The highest BCUT2D eigenvalue weighted by Crippen LogP contribution is 2.22. The summed E-state index contributed by atoms with van der Waals surface area (Å²) in [7, 11) is 1.49. The first-order valence-electron chi connectivity index (χ1n) is 4.73. The van der Waals surface area contributed by atoms with Gasteiger partial charge in [-0.3, -0.25) is 4.79 Å². The molecule has 0 spiro atoms. The van der Waals surface area contributed by atoms with Gasteiger partial charge in [-0.15, -0.1) is 0 Å². The highest BCUT2D eigenvalue weighted by atomic mass is 19.2. The second-order valence-electron chi connectivity index (χ2n) is 3.37. The predicted octanol–water partition coefficient (Wildman–Crippen LogP) is 2.48. The standard InChI is InChI=1S/C12H9F2NO/c1-15-12(16)8-4-2-3-7-5-10(13)11(14)6-9(7)8/h2-6H,1H3,(H,15,16). The molecule has 2 nitrogen and oxygen atoms in total. The highest BCUT2D eigenvalue weighted by Gasteiger charge is 2.11. The molecule has 0 aliphatic rings. The van der Waals surface area contributed by atoms with E-state index >= 15 is 0 Å². The zero-order chi connectivity index (χ0) is 11.7. The number of hydrogen-bond acceptors (Lipinski definition) is 1. The third-order valence-electron chi connectivity index (χ3n) is 2.39. The normalized spacial score (nSPS) is 10.4. The molecule has 0 heterocycles. The fourth-order valence-electron chi connectivity index (χ4n) is 1.60. The molecular weight excluding hydrogens is 212 g/mol. The van der Waals surface area contributed by atoms with E-state index in [1.807, 2.05) is 0 Å². The average Bonchev–Trinajstić information content (AvgIpc) is 2.29. The molecule has 2 rings (SSSR count). The molecule has 0 unspecified atom stereocenters. The lowest BCUT2D eigenvalue weighted by Gasteiger charge is -2.05. The van der Waals surface area contributed by atoms with Crippen molar-refractivity contribution in [3.05, 3.63) is 47.5 Å². The van der Waals surface area contributed by atoms with Gasteiger partial charge in [0, 0.05) is 12.6 Å². The second-order valence-corrected chi connectivity index (χ2v) is 3.37. The van der Waals surface area contributed by atoms with Gasteiger partial charge < -0.3 is 5.32 Å². The molecule has 2 aromatic rings. The van der Waals surface area contributed by atoms with Crippen LogP contribution in [0.1, 0.15) is 10.4 Å². The number of halogens is 2. The largest absolute Gasteiger partial charge is 0.355 e. The van der Waals surface area contributed by atoms with Gasteiger partial charge in [0.05, 0.1) is 0 Å². The van der Waals surface area contributed by atoms with E-state index in [1.54, 1.807) is 18.2 Å². The molecule has 0 aliphatic carbocycles. The molecule has 82 valence electrons. The molecule has 1 amide bonds. The number of amides is 1. The Morgan fingerprint density at radius 2 is 1.88 bits per heavy atom. The lowest BCUT2D eigenvalue weighted by Crippen LogP contribution is -2.18. The Hall–Kier alpha value is -1.97. The summed E-state index contributed by atoms with van der Waals surface area (Å²) in [5.41, 5.74) is 0.332. The Morgan fingerprint density at radius 3 is 2.56 bits per heavy atom. The van der Waals surface area contributed by atoms with Crippen LogP contribution in [-0.4, -0.2) is 13.0 Å². The van der Waals surface area contributed by atoms with Gasteiger partial charge in [0.1, 0.15) is 0 Å². The maximum Gasteiger partial charge on any atom is 0.251 e. The molecule has 1 N–H and O–H groups in total. The van der Waals surface area contributed by atoms with Gasteiger partial charge >= 0.3 is 0 Å². The Labute approximate surface area is 90.9 Å². The van der Waals surface area contributed by atoms with Gasteiger partial charge in [-0.25, -0.2) is 8.78 Å². The molecule has 4 heteroatoms. The molecule has 0 bridgehead atoms. The lowest BCUT2D eigenvalue weighted by atomic mass is 10.0. The Kier molecular flexibility index (Phi) is 2.56. The first kappa shape index (κ1) is 10.5. The Balaban J connectivity index is 2.77. The topological polar surface area (TPSA) is 29.1 Å². The fourth-order valence-corrected chi connectivity index (χ4v) is 1.60. The zero-order valence-electron chi connectivity index (χ0n) is 8.55. The number of carbonyl (C=O) groups is 1. The van der Waals surface area contributed by atoms with Crippen LogP contribution in [0.25, 0.3) is 10.8 Å². The SMILES string of the molecule is CNC(=O)c1cccc2cc(F)c(F)cc12. The molecule has 16 heavy (non-hydrogen) atoms. The van der Waals surface area contributed by atoms with Crippen molar-refractivity contribution in [2.45, 2.75) is 0 Å². The fraction of sp³-hybridized carbons (Fsp3) is 0.0833. The summed E-state index contributed by atoms with van der Waals surface area (Å²) in [5.74, 6) is -2.19. The van der Waals surface area contributed by atoms with E-state index in [9.17, 15) is 13.6 Å². The van der Waals surface area contributed by atoms with E-state index < -0.39 is 11.6 Å². The summed E-state index contributed by atoms with van der Waals surface area (Å²) < 4.78 is 26.1.